The highest BCUT2D eigenvalue weighted by atomic mass is 14.6. The fourth-order valence-corrected chi connectivity index (χ4v) is 2.14. The smallest absolute Gasteiger partial charge is 0.0998 e. The molecule has 0 saturated carbocycles. The molecule has 0 fully saturated rings. The summed E-state index contributed by atoms with van der Waals surface area (Å²) in [5.74, 6) is 0. The molecule has 94 valence electrons. The first-order valence-electron chi connectivity index (χ1n) is 6.23. The molecule has 2 aromatic heterocycles. The summed E-state index contributed by atoms with van der Waals surface area (Å²) >= 11 is 0. The quantitative estimate of drug-likeness (QED) is 0.703. The fourth-order valence-electron chi connectivity index (χ4n) is 2.14. The summed E-state index contributed by atoms with van der Waals surface area (Å²) in [6.45, 7) is 0. The van der Waals surface area contributed by atoms with Crippen LogP contribution in [0.1, 0.15) is 5.56 Å². The molecule has 0 atom stereocenters. The summed E-state index contributed by atoms with van der Waals surface area (Å²) in [6.07, 6.45) is 6.99. The molecule has 0 bridgehead atoms. The van der Waals surface area contributed by atoms with Crippen LogP contribution in [-0.4, -0.2) is 9.97 Å². The van der Waals surface area contributed by atoms with Gasteiger partial charge in [-0.05, 0) is 53.1 Å². The van der Waals surface area contributed by atoms with E-state index in [2.05, 4.69) is 16.0 Å². The summed E-state index contributed by atoms with van der Waals surface area (Å²) in [6, 6.07) is 15.8. The number of nitrogens with zero attached hydrogens (tertiary/aromatic N) is 3. The predicted molar refractivity (Wildman–Crippen MR) is 77.6 cm³/mol. The lowest BCUT2D eigenvalue weighted by molar-refractivity contribution is 1.32. The Morgan fingerprint density at radius 3 is 1.90 bits per heavy atom. The predicted octanol–water partition coefficient (Wildman–Crippen LogP) is 3.68. The van der Waals surface area contributed by atoms with Crippen molar-refractivity contribution in [1.29, 1.82) is 5.26 Å². The maximum atomic E-state index is 9.27. The molecule has 0 spiro atoms. The number of aromatic nitrogens is 2. The second-order valence-electron chi connectivity index (χ2n) is 4.34. The van der Waals surface area contributed by atoms with Gasteiger partial charge in [-0.3, -0.25) is 9.97 Å². The number of hydrogen-bond donors (Lipinski definition) is 0. The lowest BCUT2D eigenvalue weighted by Gasteiger charge is -2.08. The van der Waals surface area contributed by atoms with Gasteiger partial charge in [0.25, 0.3) is 0 Å². The van der Waals surface area contributed by atoms with Crippen molar-refractivity contribution in [2.24, 2.45) is 0 Å². The Labute approximate surface area is 117 Å². The molecule has 0 N–H and O–H groups in total. The topological polar surface area (TPSA) is 49.6 Å². The first kappa shape index (κ1) is 12.1. The summed E-state index contributed by atoms with van der Waals surface area (Å²) in [5.41, 5.74) is 4.73. The van der Waals surface area contributed by atoms with Crippen LogP contribution in [0, 0.1) is 11.3 Å². The Morgan fingerprint density at radius 2 is 1.30 bits per heavy atom. The largest absolute Gasteiger partial charge is 0.265 e. The molecule has 0 aliphatic carbocycles. The van der Waals surface area contributed by atoms with E-state index in [1.807, 2.05) is 42.5 Å². The summed E-state index contributed by atoms with van der Waals surface area (Å²) in [5, 5.41) is 9.27. The van der Waals surface area contributed by atoms with E-state index in [4.69, 9.17) is 0 Å². The van der Waals surface area contributed by atoms with Gasteiger partial charge in [-0.1, -0.05) is 6.07 Å². The third-order valence-electron chi connectivity index (χ3n) is 3.14. The molecule has 0 saturated heterocycles. The fraction of sp³-hybridized carbons (Fsp3) is 0. The zero-order valence-corrected chi connectivity index (χ0v) is 10.7. The Hall–Kier alpha value is -2.99. The molecule has 2 heterocycles. The molecule has 3 aromatic rings. The third-order valence-corrected chi connectivity index (χ3v) is 3.14. The van der Waals surface area contributed by atoms with Crippen LogP contribution < -0.4 is 0 Å². The number of benzene rings is 1. The van der Waals surface area contributed by atoms with E-state index >= 15 is 0 Å². The molecule has 0 aliphatic heterocycles. The van der Waals surface area contributed by atoms with Crippen molar-refractivity contribution in [2.75, 3.05) is 0 Å². The van der Waals surface area contributed by atoms with Crippen molar-refractivity contribution in [3.05, 3.63) is 72.8 Å². The van der Waals surface area contributed by atoms with Gasteiger partial charge in [-0.25, -0.2) is 0 Å². The van der Waals surface area contributed by atoms with Crippen molar-refractivity contribution in [3.63, 3.8) is 0 Å². The average molecular weight is 257 g/mol. The first-order chi connectivity index (χ1) is 9.88. The van der Waals surface area contributed by atoms with Gasteiger partial charge >= 0.3 is 0 Å². The molecule has 20 heavy (non-hydrogen) atoms. The number of hydrogen-bond acceptors (Lipinski definition) is 3. The highest BCUT2D eigenvalue weighted by Crippen LogP contribution is 2.28. The Balaban J connectivity index is 2.16. The van der Waals surface area contributed by atoms with Gasteiger partial charge < -0.3 is 0 Å². The Morgan fingerprint density at radius 1 is 0.700 bits per heavy atom. The van der Waals surface area contributed by atoms with Crippen LogP contribution >= 0.6 is 0 Å². The molecule has 1 aromatic carbocycles. The third kappa shape index (κ3) is 2.27. The van der Waals surface area contributed by atoms with E-state index < -0.39 is 0 Å². The maximum absolute atomic E-state index is 9.27. The molecule has 3 heteroatoms. The van der Waals surface area contributed by atoms with Crippen LogP contribution in [-0.2, 0) is 0 Å². The second kappa shape index (κ2) is 5.33. The SMILES string of the molecule is N#Cc1ccc(-c2ccncc2)cc1-c1ccncc1. The highest BCUT2D eigenvalue weighted by molar-refractivity contribution is 5.77. The van der Waals surface area contributed by atoms with Crippen LogP contribution in [0.25, 0.3) is 22.3 Å². The van der Waals surface area contributed by atoms with Crippen molar-refractivity contribution in [1.82, 2.24) is 9.97 Å². The number of nitriles is 1. The van der Waals surface area contributed by atoms with Crippen molar-refractivity contribution in [2.45, 2.75) is 0 Å². The van der Waals surface area contributed by atoms with E-state index in [1.165, 1.54) is 0 Å². The molecule has 0 aliphatic rings. The monoisotopic (exact) mass is 257 g/mol. The molecular formula is C17H11N3. The van der Waals surface area contributed by atoms with Gasteiger partial charge in [0.15, 0.2) is 0 Å². The average Bonchev–Trinajstić information content (AvgIpc) is 2.56. The Bertz CT molecular complexity index is 759. The normalized spacial score (nSPS) is 9.95. The first-order valence-corrected chi connectivity index (χ1v) is 6.23. The molecule has 0 amide bonds. The zero-order valence-electron chi connectivity index (χ0n) is 10.7. The maximum Gasteiger partial charge on any atom is 0.0998 e. The van der Waals surface area contributed by atoms with Gasteiger partial charge in [0.2, 0.25) is 0 Å². The minimum Gasteiger partial charge on any atom is -0.265 e. The zero-order chi connectivity index (χ0) is 13.8. The van der Waals surface area contributed by atoms with E-state index in [9.17, 15) is 5.26 Å². The van der Waals surface area contributed by atoms with Gasteiger partial charge in [-0.15, -0.1) is 0 Å². The molecule has 3 nitrogen and oxygen atoms in total. The lowest BCUT2D eigenvalue weighted by atomic mass is 9.96. The van der Waals surface area contributed by atoms with Gasteiger partial charge in [0.05, 0.1) is 11.6 Å². The molecule has 0 radical (unpaired) electrons. The minimum absolute atomic E-state index is 0.661. The Kier molecular flexibility index (Phi) is 3.22. The number of rotatable bonds is 2. The van der Waals surface area contributed by atoms with E-state index in [0.717, 1.165) is 22.3 Å². The van der Waals surface area contributed by atoms with Crippen LogP contribution in [0.2, 0.25) is 0 Å². The van der Waals surface area contributed by atoms with Crippen LogP contribution in [0.15, 0.2) is 67.3 Å². The van der Waals surface area contributed by atoms with Crippen LogP contribution in [0.4, 0.5) is 0 Å². The number of pyridine rings is 2. The van der Waals surface area contributed by atoms with Crippen molar-refractivity contribution in [3.8, 4) is 28.3 Å². The van der Waals surface area contributed by atoms with E-state index in [1.54, 1.807) is 24.8 Å². The highest BCUT2D eigenvalue weighted by Gasteiger charge is 2.07. The van der Waals surface area contributed by atoms with Crippen LogP contribution in [0.3, 0.4) is 0 Å². The summed E-state index contributed by atoms with van der Waals surface area (Å²) in [4.78, 5) is 8.04. The summed E-state index contributed by atoms with van der Waals surface area (Å²) < 4.78 is 0. The molecule has 3 rings (SSSR count). The minimum atomic E-state index is 0.661. The van der Waals surface area contributed by atoms with Gasteiger partial charge in [-0.2, -0.15) is 5.26 Å². The van der Waals surface area contributed by atoms with Crippen molar-refractivity contribution < 1.29 is 0 Å². The van der Waals surface area contributed by atoms with E-state index in [-0.39, 0.29) is 0 Å². The standard InChI is InChI=1S/C17H11N3/c18-12-16-2-1-15(13-3-7-19-8-4-13)11-17(16)14-5-9-20-10-6-14/h1-11H. The van der Waals surface area contributed by atoms with E-state index in [0.29, 0.717) is 5.56 Å². The van der Waals surface area contributed by atoms with Gasteiger partial charge in [0.1, 0.15) is 0 Å². The van der Waals surface area contributed by atoms with Gasteiger partial charge in [0, 0.05) is 30.4 Å². The van der Waals surface area contributed by atoms with Crippen molar-refractivity contribution >= 4 is 0 Å². The summed E-state index contributed by atoms with van der Waals surface area (Å²) in [7, 11) is 0. The van der Waals surface area contributed by atoms with Crippen LogP contribution in [0.5, 0.6) is 0 Å². The molecular weight excluding hydrogens is 246 g/mol. The lowest BCUT2D eigenvalue weighted by Crippen LogP contribution is -1.87. The second-order valence-corrected chi connectivity index (χ2v) is 4.34. The molecule has 0 unspecified atom stereocenters.